The number of halogens is 5. The van der Waals surface area contributed by atoms with Crippen LogP contribution in [0.25, 0.3) is 0 Å². The van der Waals surface area contributed by atoms with E-state index < -0.39 is 23.6 Å². The quantitative estimate of drug-likeness (QED) is 0.765. The Bertz CT molecular complexity index is 623. The summed E-state index contributed by atoms with van der Waals surface area (Å²) < 4.78 is 52.0. The number of nitrogens with one attached hydrogen (secondary N) is 1. The Labute approximate surface area is 128 Å². The Balaban J connectivity index is 2.49. The maximum atomic E-state index is 13.0. The zero-order valence-electron chi connectivity index (χ0n) is 11.0. The van der Waals surface area contributed by atoms with Gasteiger partial charge in [-0.25, -0.2) is 4.39 Å². The lowest BCUT2D eigenvalue weighted by Gasteiger charge is -2.20. The van der Waals surface area contributed by atoms with Gasteiger partial charge >= 0.3 is 6.18 Å². The molecule has 0 radical (unpaired) electrons. The van der Waals surface area contributed by atoms with E-state index in [0.29, 0.717) is 15.6 Å². The Morgan fingerprint density at radius 1 is 1.05 bits per heavy atom. The van der Waals surface area contributed by atoms with Crippen molar-refractivity contribution < 1.29 is 17.6 Å². The van der Waals surface area contributed by atoms with Gasteiger partial charge in [0.1, 0.15) is 5.82 Å². The van der Waals surface area contributed by atoms with Gasteiger partial charge in [0.15, 0.2) is 0 Å². The molecule has 0 fully saturated rings. The van der Waals surface area contributed by atoms with Crippen molar-refractivity contribution in [1.29, 1.82) is 0 Å². The van der Waals surface area contributed by atoms with Crippen LogP contribution >= 0.6 is 15.9 Å². The molecule has 0 saturated heterocycles. The Morgan fingerprint density at radius 3 is 2.19 bits per heavy atom. The summed E-state index contributed by atoms with van der Waals surface area (Å²) in [5.41, 5.74) is 0.404. The van der Waals surface area contributed by atoms with Crippen LogP contribution in [-0.4, -0.2) is 7.05 Å². The molecule has 1 unspecified atom stereocenters. The van der Waals surface area contributed by atoms with Crippen LogP contribution in [0.3, 0.4) is 0 Å². The minimum Gasteiger partial charge on any atom is -0.309 e. The molecule has 112 valence electrons. The van der Waals surface area contributed by atoms with Crippen LogP contribution in [0.2, 0.25) is 0 Å². The minimum absolute atomic E-state index is 0.392. The number of hydrogen-bond acceptors (Lipinski definition) is 1. The first kappa shape index (κ1) is 16.0. The SMILES string of the molecule is CNC(c1ccc(F)cc1)c1cc(C(F)(F)F)ccc1Br. The average Bonchev–Trinajstić information content (AvgIpc) is 2.42. The predicted octanol–water partition coefficient (Wildman–Crippen LogP) is 4.92. The molecule has 0 heterocycles. The lowest BCUT2D eigenvalue weighted by molar-refractivity contribution is -0.137. The first-order valence-electron chi connectivity index (χ1n) is 6.12. The van der Waals surface area contributed by atoms with Gasteiger partial charge in [-0.05, 0) is 48.5 Å². The molecule has 0 spiro atoms. The fourth-order valence-electron chi connectivity index (χ4n) is 2.10. The van der Waals surface area contributed by atoms with Gasteiger partial charge in [0, 0.05) is 4.47 Å². The highest BCUT2D eigenvalue weighted by Gasteiger charge is 2.31. The maximum Gasteiger partial charge on any atom is 0.416 e. The van der Waals surface area contributed by atoms with Gasteiger partial charge in [0.05, 0.1) is 11.6 Å². The number of hydrogen-bond donors (Lipinski definition) is 1. The molecule has 0 aliphatic carbocycles. The van der Waals surface area contributed by atoms with Gasteiger partial charge < -0.3 is 5.32 Å². The largest absolute Gasteiger partial charge is 0.416 e. The second kappa shape index (κ2) is 6.15. The molecule has 2 aromatic rings. The van der Waals surface area contributed by atoms with Crippen LogP contribution in [0.5, 0.6) is 0 Å². The smallest absolute Gasteiger partial charge is 0.309 e. The van der Waals surface area contributed by atoms with Crippen molar-refractivity contribution in [3.05, 3.63) is 69.4 Å². The van der Waals surface area contributed by atoms with Crippen molar-refractivity contribution >= 4 is 15.9 Å². The average molecular weight is 362 g/mol. The van der Waals surface area contributed by atoms with Crippen molar-refractivity contribution in [1.82, 2.24) is 5.32 Å². The zero-order valence-corrected chi connectivity index (χ0v) is 12.6. The molecule has 0 aromatic heterocycles. The number of benzene rings is 2. The van der Waals surface area contributed by atoms with Crippen LogP contribution in [0, 0.1) is 5.82 Å². The molecule has 1 atom stereocenters. The van der Waals surface area contributed by atoms with E-state index in [1.165, 1.54) is 18.2 Å². The third-order valence-electron chi connectivity index (χ3n) is 3.13. The topological polar surface area (TPSA) is 12.0 Å². The standard InChI is InChI=1S/C15H12BrF4N/c1-21-14(9-2-5-11(17)6-3-9)12-8-10(15(18,19)20)4-7-13(12)16/h2-8,14,21H,1H3. The van der Waals surface area contributed by atoms with E-state index in [1.807, 2.05) is 0 Å². The van der Waals surface area contributed by atoms with E-state index in [-0.39, 0.29) is 0 Å². The van der Waals surface area contributed by atoms with Crippen LogP contribution in [0.15, 0.2) is 46.9 Å². The van der Waals surface area contributed by atoms with Gasteiger partial charge in [-0.3, -0.25) is 0 Å². The van der Waals surface area contributed by atoms with Crippen molar-refractivity contribution in [3.63, 3.8) is 0 Å². The minimum atomic E-state index is -4.41. The van der Waals surface area contributed by atoms with Crippen molar-refractivity contribution in [2.45, 2.75) is 12.2 Å². The summed E-state index contributed by atoms with van der Waals surface area (Å²) in [6, 6.07) is 8.66. The van der Waals surface area contributed by atoms with E-state index in [0.717, 1.165) is 12.1 Å². The van der Waals surface area contributed by atoms with Crippen molar-refractivity contribution in [2.24, 2.45) is 0 Å². The molecule has 0 bridgehead atoms. The Kier molecular flexibility index (Phi) is 4.68. The monoisotopic (exact) mass is 361 g/mol. The molecule has 2 aromatic carbocycles. The molecule has 2 rings (SSSR count). The summed E-state index contributed by atoms with van der Waals surface area (Å²) in [6.07, 6.45) is -4.41. The fraction of sp³-hybridized carbons (Fsp3) is 0.200. The Morgan fingerprint density at radius 2 is 1.67 bits per heavy atom. The zero-order chi connectivity index (χ0) is 15.6. The molecule has 0 amide bonds. The predicted molar refractivity (Wildman–Crippen MR) is 76.4 cm³/mol. The molecule has 1 nitrogen and oxygen atoms in total. The van der Waals surface area contributed by atoms with Gasteiger partial charge in [-0.1, -0.05) is 28.1 Å². The van der Waals surface area contributed by atoms with Crippen LogP contribution < -0.4 is 5.32 Å². The summed E-state index contributed by atoms with van der Waals surface area (Å²) in [6.45, 7) is 0. The highest BCUT2D eigenvalue weighted by atomic mass is 79.9. The molecule has 1 N–H and O–H groups in total. The second-order valence-electron chi connectivity index (χ2n) is 4.51. The first-order valence-corrected chi connectivity index (χ1v) is 6.91. The summed E-state index contributed by atoms with van der Waals surface area (Å²) >= 11 is 3.27. The van der Waals surface area contributed by atoms with Gasteiger partial charge in [0.25, 0.3) is 0 Å². The molecule has 21 heavy (non-hydrogen) atoms. The van der Waals surface area contributed by atoms with E-state index >= 15 is 0 Å². The first-order chi connectivity index (χ1) is 9.82. The lowest BCUT2D eigenvalue weighted by atomic mass is 9.97. The summed E-state index contributed by atoms with van der Waals surface area (Å²) in [5.74, 6) is -0.392. The Hall–Kier alpha value is -1.40. The number of rotatable bonds is 3. The molecule has 0 saturated carbocycles. The van der Waals surface area contributed by atoms with Gasteiger partial charge in [0.2, 0.25) is 0 Å². The highest BCUT2D eigenvalue weighted by molar-refractivity contribution is 9.10. The second-order valence-corrected chi connectivity index (χ2v) is 5.36. The van der Waals surface area contributed by atoms with E-state index in [9.17, 15) is 17.6 Å². The maximum absolute atomic E-state index is 13.0. The summed E-state index contributed by atoms with van der Waals surface area (Å²) in [7, 11) is 1.64. The third-order valence-corrected chi connectivity index (χ3v) is 3.85. The van der Waals surface area contributed by atoms with Gasteiger partial charge in [-0.2, -0.15) is 13.2 Å². The lowest BCUT2D eigenvalue weighted by Crippen LogP contribution is -2.19. The molecule has 0 aliphatic rings. The fourth-order valence-corrected chi connectivity index (χ4v) is 2.57. The summed E-state index contributed by atoms with van der Waals surface area (Å²) in [4.78, 5) is 0. The van der Waals surface area contributed by atoms with E-state index in [1.54, 1.807) is 19.2 Å². The number of alkyl halides is 3. The van der Waals surface area contributed by atoms with E-state index in [4.69, 9.17) is 0 Å². The molecule has 6 heteroatoms. The molecule has 0 aliphatic heterocycles. The molecular weight excluding hydrogens is 350 g/mol. The third kappa shape index (κ3) is 3.63. The van der Waals surface area contributed by atoms with Crippen molar-refractivity contribution in [3.8, 4) is 0 Å². The van der Waals surface area contributed by atoms with Crippen molar-refractivity contribution in [2.75, 3.05) is 7.05 Å². The summed E-state index contributed by atoms with van der Waals surface area (Å²) in [5, 5.41) is 2.95. The van der Waals surface area contributed by atoms with Crippen LogP contribution in [0.4, 0.5) is 17.6 Å². The highest BCUT2D eigenvalue weighted by Crippen LogP contribution is 2.35. The van der Waals surface area contributed by atoms with E-state index in [2.05, 4.69) is 21.2 Å². The van der Waals surface area contributed by atoms with Crippen LogP contribution in [0.1, 0.15) is 22.7 Å². The normalized spacial score (nSPS) is 13.2. The molecular formula is C15H12BrF4N. The van der Waals surface area contributed by atoms with Gasteiger partial charge in [-0.15, -0.1) is 0 Å². The van der Waals surface area contributed by atoms with Crippen LogP contribution in [-0.2, 0) is 6.18 Å².